The molecule has 0 radical (unpaired) electrons. The molecule has 0 bridgehead atoms. The van der Waals surface area contributed by atoms with Gasteiger partial charge in [-0.1, -0.05) is 52.2 Å². The van der Waals surface area contributed by atoms with Crippen molar-refractivity contribution < 1.29 is 42.5 Å². The highest BCUT2D eigenvalue weighted by molar-refractivity contribution is 7.92. The lowest BCUT2D eigenvalue weighted by atomic mass is 9.97. The standard InChI is InChI=1S/C29H41FN4O9S/c1-6-7-8-9-24(43-34(38)39)18-42-26(37)17-23(36)16-22(35)14-15-25-27(19(2)3)31-29(33(4)44(5,40)41)32-28(25)20-10-12-21(30)13-11-20/h10-15,19,22-24,35-36H,6-9,16-18H2,1-5H3/b15-14+/t22-,23-,24?/m1/s1. The van der Waals surface area contributed by atoms with Crippen LogP contribution in [-0.4, -0.2) is 77.9 Å². The molecule has 13 nitrogen and oxygen atoms in total. The van der Waals surface area contributed by atoms with Gasteiger partial charge in [-0.25, -0.2) is 27.1 Å². The van der Waals surface area contributed by atoms with E-state index in [4.69, 9.17) is 4.74 Å². The van der Waals surface area contributed by atoms with Gasteiger partial charge in [-0.3, -0.25) is 4.79 Å². The van der Waals surface area contributed by atoms with E-state index in [-0.39, 0.29) is 24.9 Å². The summed E-state index contributed by atoms with van der Waals surface area (Å²) in [4.78, 5) is 36.5. The lowest BCUT2D eigenvalue weighted by Crippen LogP contribution is -2.27. The van der Waals surface area contributed by atoms with Crippen LogP contribution in [-0.2, 0) is 24.4 Å². The number of benzene rings is 1. The van der Waals surface area contributed by atoms with Gasteiger partial charge in [-0.15, -0.1) is 10.1 Å². The molecule has 244 valence electrons. The third kappa shape index (κ3) is 11.8. The first kappa shape index (κ1) is 36.5. The Labute approximate surface area is 256 Å². The van der Waals surface area contributed by atoms with Crippen LogP contribution in [0.15, 0.2) is 30.3 Å². The number of hydrogen-bond acceptors (Lipinski definition) is 11. The zero-order valence-electron chi connectivity index (χ0n) is 25.6. The van der Waals surface area contributed by atoms with Crippen molar-refractivity contribution in [2.45, 2.75) is 83.5 Å². The quantitative estimate of drug-likeness (QED) is 0.104. The Balaban J connectivity index is 2.22. The average Bonchev–Trinajstić information content (AvgIpc) is 2.93. The summed E-state index contributed by atoms with van der Waals surface area (Å²) in [6.07, 6.45) is 2.53. The largest absolute Gasteiger partial charge is 0.463 e. The van der Waals surface area contributed by atoms with Crippen LogP contribution >= 0.6 is 0 Å². The van der Waals surface area contributed by atoms with E-state index in [9.17, 15) is 37.9 Å². The number of sulfonamides is 1. The summed E-state index contributed by atoms with van der Waals surface area (Å²) in [5.74, 6) is -1.58. The van der Waals surface area contributed by atoms with Gasteiger partial charge in [0, 0.05) is 24.6 Å². The van der Waals surface area contributed by atoms with E-state index in [1.54, 1.807) is 0 Å². The molecule has 2 N–H and O–H groups in total. The summed E-state index contributed by atoms with van der Waals surface area (Å²) in [6.45, 7) is 5.32. The maximum absolute atomic E-state index is 13.7. The molecule has 0 saturated heterocycles. The van der Waals surface area contributed by atoms with Crippen LogP contribution in [0.4, 0.5) is 10.3 Å². The Morgan fingerprint density at radius 1 is 1.18 bits per heavy atom. The van der Waals surface area contributed by atoms with Crippen molar-refractivity contribution in [3.8, 4) is 11.3 Å². The molecule has 1 aromatic carbocycles. The molecule has 0 amide bonds. The van der Waals surface area contributed by atoms with Crippen LogP contribution < -0.4 is 4.31 Å². The van der Waals surface area contributed by atoms with Crippen molar-refractivity contribution in [2.75, 3.05) is 24.2 Å². The number of aliphatic hydroxyl groups is 2. The van der Waals surface area contributed by atoms with Gasteiger partial charge in [-0.05, 0) is 36.6 Å². The lowest BCUT2D eigenvalue weighted by Gasteiger charge is -2.20. The van der Waals surface area contributed by atoms with Gasteiger partial charge in [0.25, 0.3) is 5.09 Å². The lowest BCUT2D eigenvalue weighted by molar-refractivity contribution is -0.769. The Hall–Kier alpha value is -3.69. The van der Waals surface area contributed by atoms with Crippen LogP contribution in [0.2, 0.25) is 0 Å². The molecule has 3 atom stereocenters. The number of halogens is 1. The van der Waals surface area contributed by atoms with Gasteiger partial charge in [0.15, 0.2) is 0 Å². The van der Waals surface area contributed by atoms with E-state index in [0.29, 0.717) is 35.4 Å². The average molecular weight is 641 g/mol. The first-order chi connectivity index (χ1) is 20.6. The highest BCUT2D eigenvalue weighted by atomic mass is 32.2. The topological polar surface area (TPSA) is 182 Å². The zero-order chi connectivity index (χ0) is 33.0. The summed E-state index contributed by atoms with van der Waals surface area (Å²) in [6, 6.07) is 5.45. The van der Waals surface area contributed by atoms with Crippen molar-refractivity contribution >= 4 is 28.0 Å². The molecule has 1 aromatic heterocycles. The molecule has 0 spiro atoms. The highest BCUT2D eigenvalue weighted by Gasteiger charge is 2.23. The number of ether oxygens (including phenoxy) is 1. The minimum Gasteiger partial charge on any atom is -0.463 e. The Bertz CT molecular complexity index is 1390. The van der Waals surface area contributed by atoms with Gasteiger partial charge in [0.05, 0.1) is 36.3 Å². The second-order valence-electron chi connectivity index (χ2n) is 10.7. The Morgan fingerprint density at radius 3 is 2.41 bits per heavy atom. The van der Waals surface area contributed by atoms with Crippen molar-refractivity contribution in [3.63, 3.8) is 0 Å². The van der Waals surface area contributed by atoms with Crippen LogP contribution in [0.5, 0.6) is 0 Å². The molecule has 0 aliphatic rings. The number of aromatic nitrogens is 2. The molecule has 2 aromatic rings. The van der Waals surface area contributed by atoms with Crippen molar-refractivity contribution in [1.82, 2.24) is 9.97 Å². The first-order valence-electron chi connectivity index (χ1n) is 14.2. The fourth-order valence-electron chi connectivity index (χ4n) is 4.19. The SMILES string of the molecule is CCCCCC(COC(=O)C[C@H](O)C[C@H](O)/C=C/c1c(-c2ccc(F)cc2)nc(N(C)S(C)(=O)=O)nc1C(C)C)O[N+](=O)[O-]. The normalized spacial score (nSPS) is 13.9. The van der Waals surface area contributed by atoms with E-state index < -0.39 is 51.6 Å². The zero-order valence-corrected chi connectivity index (χ0v) is 26.4. The summed E-state index contributed by atoms with van der Waals surface area (Å²) in [5.41, 5.74) is 1.69. The number of rotatable bonds is 18. The first-order valence-corrected chi connectivity index (χ1v) is 16.1. The summed E-state index contributed by atoms with van der Waals surface area (Å²) < 4.78 is 44.1. The van der Waals surface area contributed by atoms with Crippen molar-refractivity contribution in [2.24, 2.45) is 0 Å². The van der Waals surface area contributed by atoms with Gasteiger partial charge in [-0.2, -0.15) is 0 Å². The molecule has 0 aliphatic carbocycles. The number of anilines is 1. The molecule has 2 rings (SSSR count). The predicted octanol–water partition coefficient (Wildman–Crippen LogP) is 4.02. The van der Waals surface area contributed by atoms with E-state index in [2.05, 4.69) is 14.8 Å². The smallest absolute Gasteiger partial charge is 0.308 e. The van der Waals surface area contributed by atoms with Gasteiger partial charge >= 0.3 is 5.97 Å². The fraction of sp³-hybridized carbons (Fsp3) is 0.552. The van der Waals surface area contributed by atoms with Crippen LogP contribution in [0.1, 0.15) is 76.5 Å². The number of carbonyl (C=O) groups is 1. The van der Waals surface area contributed by atoms with Crippen molar-refractivity contribution in [1.29, 1.82) is 0 Å². The number of hydrogen-bond donors (Lipinski definition) is 2. The van der Waals surface area contributed by atoms with Gasteiger partial charge in [0.1, 0.15) is 18.5 Å². The monoisotopic (exact) mass is 640 g/mol. The van der Waals surface area contributed by atoms with E-state index in [0.717, 1.165) is 23.4 Å². The summed E-state index contributed by atoms with van der Waals surface area (Å²) in [7, 11) is -2.38. The molecular weight excluding hydrogens is 599 g/mol. The molecular formula is C29H41FN4O9S. The molecule has 44 heavy (non-hydrogen) atoms. The van der Waals surface area contributed by atoms with E-state index in [1.165, 1.54) is 43.5 Å². The van der Waals surface area contributed by atoms with Crippen molar-refractivity contribution in [3.05, 3.63) is 57.5 Å². The van der Waals surface area contributed by atoms with Gasteiger partial charge < -0.3 is 19.8 Å². The molecule has 1 heterocycles. The predicted molar refractivity (Wildman–Crippen MR) is 162 cm³/mol. The number of carbonyl (C=O) groups excluding carboxylic acids is 1. The second-order valence-corrected chi connectivity index (χ2v) is 12.7. The molecule has 0 fully saturated rings. The van der Waals surface area contributed by atoms with E-state index >= 15 is 0 Å². The maximum atomic E-state index is 13.7. The minimum atomic E-state index is -3.70. The number of aliphatic hydroxyl groups excluding tert-OH is 2. The Kier molecular flexibility index (Phi) is 14.1. The minimum absolute atomic E-state index is 0.0848. The number of esters is 1. The summed E-state index contributed by atoms with van der Waals surface area (Å²) >= 11 is 0. The Morgan fingerprint density at radius 2 is 1.84 bits per heavy atom. The van der Waals surface area contributed by atoms with E-state index in [1.807, 2.05) is 20.8 Å². The van der Waals surface area contributed by atoms with Gasteiger partial charge in [0.2, 0.25) is 16.0 Å². The number of nitrogens with zero attached hydrogens (tertiary/aromatic N) is 4. The van der Waals surface area contributed by atoms with Crippen LogP contribution in [0.25, 0.3) is 17.3 Å². The molecule has 0 aliphatic heterocycles. The van der Waals surface area contributed by atoms with Crippen LogP contribution in [0.3, 0.4) is 0 Å². The third-order valence-corrected chi connectivity index (χ3v) is 7.76. The van der Waals surface area contributed by atoms with Crippen LogP contribution in [0, 0.1) is 15.9 Å². The second kappa shape index (κ2) is 17.0. The third-order valence-electron chi connectivity index (χ3n) is 6.60. The molecule has 0 saturated carbocycles. The maximum Gasteiger partial charge on any atom is 0.308 e. The number of unbranched alkanes of at least 4 members (excludes halogenated alkanes) is 2. The summed E-state index contributed by atoms with van der Waals surface area (Å²) in [5, 5.41) is 30.8. The fourth-order valence-corrected chi connectivity index (χ4v) is 4.57. The molecule has 1 unspecified atom stereocenters. The highest BCUT2D eigenvalue weighted by Crippen LogP contribution is 2.31. The molecule has 15 heteroatoms.